The Morgan fingerprint density at radius 3 is 2.36 bits per heavy atom. The lowest BCUT2D eigenvalue weighted by molar-refractivity contribution is 0.321. The monoisotopic (exact) mass is 169 g/mol. The van der Waals surface area contributed by atoms with Gasteiger partial charge in [0, 0.05) is 5.56 Å². The van der Waals surface area contributed by atoms with E-state index in [9.17, 15) is 0 Å². The van der Waals surface area contributed by atoms with Gasteiger partial charge in [0.2, 0.25) is 0 Å². The fourth-order valence-corrected chi connectivity index (χ4v) is 0.875. The van der Waals surface area contributed by atoms with Gasteiger partial charge in [-0.05, 0) is 6.92 Å². The molecule has 0 aliphatic carbocycles. The molecule has 0 radical (unpaired) electrons. The summed E-state index contributed by atoms with van der Waals surface area (Å²) < 4.78 is 0. The maximum absolute atomic E-state index is 8.31. The van der Waals surface area contributed by atoms with Crippen molar-refractivity contribution in [3.8, 4) is 0 Å². The molecule has 0 atom stereocenters. The average molecular weight is 170 g/mol. The molecule has 2 nitrogen and oxygen atoms in total. The molecule has 0 aromatic heterocycles. The summed E-state index contributed by atoms with van der Waals surface area (Å²) in [5.74, 6) is 0. The number of aryl methyl sites for hydroxylation is 1. The van der Waals surface area contributed by atoms with Gasteiger partial charge >= 0.3 is 0 Å². The first-order chi connectivity index (χ1) is 5.24. The van der Waals surface area contributed by atoms with Crippen LogP contribution in [0.15, 0.2) is 29.4 Å². The Kier molecular flexibility index (Phi) is 2.49. The highest BCUT2D eigenvalue weighted by molar-refractivity contribution is 6.69. The van der Waals surface area contributed by atoms with E-state index in [1.807, 2.05) is 19.1 Å². The summed E-state index contributed by atoms with van der Waals surface area (Å²) in [6, 6.07) is 7.42. The molecule has 0 fully saturated rings. The molecular formula is C8H8ClNO. The molecule has 0 aliphatic heterocycles. The van der Waals surface area contributed by atoms with E-state index in [1.165, 1.54) is 0 Å². The quantitative estimate of drug-likeness (QED) is 0.391. The number of rotatable bonds is 1. The maximum atomic E-state index is 8.31. The summed E-state index contributed by atoms with van der Waals surface area (Å²) in [5.41, 5.74) is 1.87. The summed E-state index contributed by atoms with van der Waals surface area (Å²) in [5, 5.41) is 11.3. The van der Waals surface area contributed by atoms with Gasteiger partial charge in [0.1, 0.15) is 0 Å². The van der Waals surface area contributed by atoms with Crippen LogP contribution in [0.3, 0.4) is 0 Å². The molecule has 1 N–H and O–H groups in total. The molecule has 1 rings (SSSR count). The Labute approximate surface area is 70.1 Å². The van der Waals surface area contributed by atoms with E-state index in [4.69, 9.17) is 16.8 Å². The van der Waals surface area contributed by atoms with Gasteiger partial charge in [-0.1, -0.05) is 46.6 Å². The predicted octanol–water partition coefficient (Wildman–Crippen LogP) is 2.37. The van der Waals surface area contributed by atoms with Crippen molar-refractivity contribution in [3.63, 3.8) is 0 Å². The molecule has 0 amide bonds. The standard InChI is InChI=1S/C8H8ClNO/c1-6-2-4-7(5-3-6)8(9)10-11/h2-5,11H,1H3/b10-8+. The molecule has 0 saturated carbocycles. The summed E-state index contributed by atoms with van der Waals surface area (Å²) in [4.78, 5) is 0. The molecule has 1 aromatic rings. The molecule has 58 valence electrons. The highest BCUT2D eigenvalue weighted by Crippen LogP contribution is 2.06. The van der Waals surface area contributed by atoms with Crippen LogP contribution in [0.1, 0.15) is 11.1 Å². The second-order valence-electron chi connectivity index (χ2n) is 2.26. The van der Waals surface area contributed by atoms with Crippen LogP contribution in [-0.4, -0.2) is 10.4 Å². The van der Waals surface area contributed by atoms with E-state index in [-0.39, 0.29) is 5.17 Å². The molecule has 0 spiro atoms. The molecule has 1 aromatic carbocycles. The Balaban J connectivity index is 2.99. The number of hydrogen-bond donors (Lipinski definition) is 1. The van der Waals surface area contributed by atoms with E-state index < -0.39 is 0 Å². The number of halogens is 1. The number of nitrogens with zero attached hydrogens (tertiary/aromatic N) is 1. The van der Waals surface area contributed by atoms with Gasteiger partial charge in [0.05, 0.1) is 0 Å². The van der Waals surface area contributed by atoms with E-state index >= 15 is 0 Å². The van der Waals surface area contributed by atoms with E-state index in [0.717, 1.165) is 11.1 Å². The van der Waals surface area contributed by atoms with Crippen molar-refractivity contribution in [1.82, 2.24) is 0 Å². The number of oxime groups is 1. The van der Waals surface area contributed by atoms with Gasteiger partial charge < -0.3 is 5.21 Å². The summed E-state index contributed by atoms with van der Waals surface area (Å²) in [6.45, 7) is 1.98. The molecule has 0 bridgehead atoms. The van der Waals surface area contributed by atoms with E-state index in [1.54, 1.807) is 12.1 Å². The first kappa shape index (κ1) is 8.08. The first-order valence-corrected chi connectivity index (χ1v) is 3.56. The Morgan fingerprint density at radius 1 is 1.36 bits per heavy atom. The SMILES string of the molecule is Cc1ccc(/C(Cl)=N\O)cc1. The van der Waals surface area contributed by atoms with Crippen LogP contribution in [0.2, 0.25) is 0 Å². The summed E-state index contributed by atoms with van der Waals surface area (Å²) in [6.07, 6.45) is 0. The van der Waals surface area contributed by atoms with Crippen molar-refractivity contribution in [2.24, 2.45) is 5.16 Å². The minimum atomic E-state index is 0.116. The van der Waals surface area contributed by atoms with Crippen molar-refractivity contribution in [2.75, 3.05) is 0 Å². The average Bonchev–Trinajstić information content (AvgIpc) is 2.05. The van der Waals surface area contributed by atoms with Crippen LogP contribution >= 0.6 is 11.6 Å². The first-order valence-electron chi connectivity index (χ1n) is 3.18. The van der Waals surface area contributed by atoms with E-state index in [0.29, 0.717) is 0 Å². The zero-order chi connectivity index (χ0) is 8.27. The van der Waals surface area contributed by atoms with Gasteiger partial charge in [-0.25, -0.2) is 0 Å². The molecule has 0 unspecified atom stereocenters. The minimum Gasteiger partial charge on any atom is -0.410 e. The third kappa shape index (κ3) is 1.95. The third-order valence-electron chi connectivity index (χ3n) is 1.38. The van der Waals surface area contributed by atoms with Gasteiger partial charge in [-0.3, -0.25) is 0 Å². The molecule has 11 heavy (non-hydrogen) atoms. The predicted molar refractivity (Wildman–Crippen MR) is 45.4 cm³/mol. The largest absolute Gasteiger partial charge is 0.410 e. The molecule has 0 saturated heterocycles. The van der Waals surface area contributed by atoms with Crippen molar-refractivity contribution >= 4 is 16.8 Å². The Hall–Kier alpha value is -1.02. The van der Waals surface area contributed by atoms with E-state index in [2.05, 4.69) is 5.16 Å². The van der Waals surface area contributed by atoms with Crippen molar-refractivity contribution < 1.29 is 5.21 Å². The zero-order valence-electron chi connectivity index (χ0n) is 6.08. The van der Waals surface area contributed by atoms with Crippen LogP contribution in [0, 0.1) is 6.92 Å². The van der Waals surface area contributed by atoms with Crippen molar-refractivity contribution in [2.45, 2.75) is 6.92 Å². The van der Waals surface area contributed by atoms with Gasteiger partial charge in [0.25, 0.3) is 0 Å². The highest BCUT2D eigenvalue weighted by Gasteiger charge is 1.97. The lowest BCUT2D eigenvalue weighted by Gasteiger charge is -1.95. The van der Waals surface area contributed by atoms with Gasteiger partial charge in [0.15, 0.2) is 5.17 Å². The van der Waals surface area contributed by atoms with Gasteiger partial charge in [-0.15, -0.1) is 0 Å². The van der Waals surface area contributed by atoms with Crippen molar-refractivity contribution in [3.05, 3.63) is 35.4 Å². The van der Waals surface area contributed by atoms with Crippen LogP contribution < -0.4 is 0 Å². The highest BCUT2D eigenvalue weighted by atomic mass is 35.5. The second-order valence-corrected chi connectivity index (χ2v) is 2.61. The normalized spacial score (nSPS) is 11.6. The second kappa shape index (κ2) is 3.39. The van der Waals surface area contributed by atoms with Crippen LogP contribution in [0.25, 0.3) is 0 Å². The Morgan fingerprint density at radius 2 is 1.91 bits per heavy atom. The molecule has 3 heteroatoms. The third-order valence-corrected chi connectivity index (χ3v) is 1.67. The lowest BCUT2D eigenvalue weighted by Crippen LogP contribution is -1.89. The topological polar surface area (TPSA) is 32.6 Å². The number of benzene rings is 1. The summed E-state index contributed by atoms with van der Waals surface area (Å²) in [7, 11) is 0. The van der Waals surface area contributed by atoms with Crippen molar-refractivity contribution in [1.29, 1.82) is 0 Å². The van der Waals surface area contributed by atoms with Crippen LogP contribution in [-0.2, 0) is 0 Å². The van der Waals surface area contributed by atoms with Crippen LogP contribution in [0.5, 0.6) is 0 Å². The Bertz CT molecular complexity index is 266. The minimum absolute atomic E-state index is 0.116. The number of hydrogen-bond acceptors (Lipinski definition) is 2. The fourth-order valence-electron chi connectivity index (χ4n) is 0.749. The fraction of sp³-hybridized carbons (Fsp3) is 0.125. The molecule has 0 heterocycles. The van der Waals surface area contributed by atoms with Gasteiger partial charge in [-0.2, -0.15) is 0 Å². The van der Waals surface area contributed by atoms with Crippen LogP contribution in [0.4, 0.5) is 0 Å². The lowest BCUT2D eigenvalue weighted by atomic mass is 10.2. The zero-order valence-corrected chi connectivity index (χ0v) is 6.84. The maximum Gasteiger partial charge on any atom is 0.175 e. The molecular weight excluding hydrogens is 162 g/mol. The molecule has 0 aliphatic rings. The smallest absolute Gasteiger partial charge is 0.175 e. The summed E-state index contributed by atoms with van der Waals surface area (Å²) >= 11 is 5.54.